The van der Waals surface area contributed by atoms with Gasteiger partial charge in [0.2, 0.25) is 4.96 Å². The van der Waals surface area contributed by atoms with Crippen LogP contribution in [0.1, 0.15) is 25.8 Å². The summed E-state index contributed by atoms with van der Waals surface area (Å²) in [7, 11) is 0. The Morgan fingerprint density at radius 3 is 2.66 bits per heavy atom. The maximum absolute atomic E-state index is 12.8. The molecule has 3 heterocycles. The fraction of sp³-hybridized carbons (Fsp3) is 0.238. The molecule has 0 bridgehead atoms. The zero-order chi connectivity index (χ0) is 20.2. The first-order valence-electron chi connectivity index (χ1n) is 9.41. The summed E-state index contributed by atoms with van der Waals surface area (Å²) >= 11 is 1.31. The van der Waals surface area contributed by atoms with Gasteiger partial charge in [-0.1, -0.05) is 24.3 Å². The lowest BCUT2D eigenvalue weighted by Gasteiger charge is -2.11. The number of pyridine rings is 1. The number of thiazole rings is 1. The minimum atomic E-state index is -0.193. The van der Waals surface area contributed by atoms with Gasteiger partial charge in [0.1, 0.15) is 0 Å². The molecule has 0 atom stereocenters. The predicted octanol–water partition coefficient (Wildman–Crippen LogP) is 2.95. The maximum atomic E-state index is 12.8. The number of ether oxygens (including phenoxy) is 2. The van der Waals surface area contributed by atoms with Crippen molar-refractivity contribution in [2.75, 3.05) is 13.2 Å². The van der Waals surface area contributed by atoms with Gasteiger partial charge in [0.25, 0.3) is 5.56 Å². The molecule has 0 aliphatic heterocycles. The van der Waals surface area contributed by atoms with Crippen molar-refractivity contribution in [3.63, 3.8) is 0 Å². The summed E-state index contributed by atoms with van der Waals surface area (Å²) in [5, 5.41) is 4.35. The number of aromatic nitrogens is 4. The summed E-state index contributed by atoms with van der Waals surface area (Å²) < 4.78 is 13.3. The Kier molecular flexibility index (Phi) is 5.53. The summed E-state index contributed by atoms with van der Waals surface area (Å²) in [5.41, 5.74) is 1.49. The van der Waals surface area contributed by atoms with E-state index in [9.17, 15) is 4.79 Å². The van der Waals surface area contributed by atoms with Crippen LogP contribution in [0.3, 0.4) is 0 Å². The van der Waals surface area contributed by atoms with Gasteiger partial charge in [-0.25, -0.2) is 0 Å². The van der Waals surface area contributed by atoms with Gasteiger partial charge in [0.05, 0.1) is 17.7 Å². The van der Waals surface area contributed by atoms with E-state index in [0.717, 1.165) is 17.5 Å². The van der Waals surface area contributed by atoms with Gasteiger partial charge < -0.3 is 9.47 Å². The number of nitrogens with zero attached hydrogens (tertiary/aromatic N) is 4. The van der Waals surface area contributed by atoms with E-state index in [0.29, 0.717) is 40.0 Å². The van der Waals surface area contributed by atoms with E-state index in [1.807, 2.05) is 43.3 Å². The summed E-state index contributed by atoms with van der Waals surface area (Å²) in [6, 6.07) is 9.29. The molecule has 0 unspecified atom stereocenters. The largest absolute Gasteiger partial charge is 0.490 e. The predicted molar refractivity (Wildman–Crippen MR) is 113 cm³/mol. The van der Waals surface area contributed by atoms with Crippen molar-refractivity contribution < 1.29 is 9.47 Å². The Morgan fingerprint density at radius 2 is 1.93 bits per heavy atom. The molecule has 0 aliphatic carbocycles. The first kappa shape index (κ1) is 19.1. The van der Waals surface area contributed by atoms with Gasteiger partial charge in [-0.2, -0.15) is 9.50 Å². The highest BCUT2D eigenvalue weighted by Crippen LogP contribution is 2.29. The van der Waals surface area contributed by atoms with Crippen LogP contribution in [-0.4, -0.2) is 32.8 Å². The fourth-order valence-corrected chi connectivity index (χ4v) is 3.73. The zero-order valence-electron chi connectivity index (χ0n) is 16.2. The van der Waals surface area contributed by atoms with Crippen LogP contribution in [0, 0.1) is 0 Å². The monoisotopic (exact) mass is 408 g/mol. The molecule has 8 heteroatoms. The highest BCUT2D eigenvalue weighted by atomic mass is 32.1. The van der Waals surface area contributed by atoms with Crippen LogP contribution in [0.2, 0.25) is 0 Å². The molecule has 7 nitrogen and oxygen atoms in total. The molecule has 4 aromatic rings. The van der Waals surface area contributed by atoms with Crippen molar-refractivity contribution in [3.05, 3.63) is 63.2 Å². The van der Waals surface area contributed by atoms with Crippen molar-refractivity contribution in [1.29, 1.82) is 0 Å². The molecule has 0 spiro atoms. The highest BCUT2D eigenvalue weighted by molar-refractivity contribution is 7.15. The van der Waals surface area contributed by atoms with Crippen molar-refractivity contribution >= 4 is 22.4 Å². The normalized spacial score (nSPS) is 11.9. The molecule has 0 saturated heterocycles. The van der Waals surface area contributed by atoms with E-state index in [2.05, 4.69) is 22.0 Å². The molecular formula is C21H20N4O3S. The molecule has 148 valence electrons. The lowest BCUT2D eigenvalue weighted by atomic mass is 10.2. The summed E-state index contributed by atoms with van der Waals surface area (Å²) in [4.78, 5) is 21.8. The first-order chi connectivity index (χ1) is 14.2. The lowest BCUT2D eigenvalue weighted by Crippen LogP contribution is -2.23. The highest BCUT2D eigenvalue weighted by Gasteiger charge is 2.12. The number of hydrogen-bond donors (Lipinski definition) is 0. The minimum Gasteiger partial charge on any atom is -0.490 e. The average molecular weight is 408 g/mol. The van der Waals surface area contributed by atoms with Crippen LogP contribution in [0.4, 0.5) is 0 Å². The molecular weight excluding hydrogens is 388 g/mol. The smallest absolute Gasteiger partial charge is 0.291 e. The fourth-order valence-electron chi connectivity index (χ4n) is 2.82. The van der Waals surface area contributed by atoms with E-state index in [-0.39, 0.29) is 5.56 Å². The Morgan fingerprint density at radius 1 is 1.10 bits per heavy atom. The standard InChI is InChI=1S/C21H20N4O3S/c1-3-11-28-16-6-5-14(12-17(16)27-4-2)13-18-20(26)25-21(29-18)23-19(24-25)15-7-9-22-10-8-15/h5-10,12-13H,3-4,11H2,1-2H3/b18-13-. The summed E-state index contributed by atoms with van der Waals surface area (Å²) in [5.74, 6) is 1.89. The van der Waals surface area contributed by atoms with Gasteiger partial charge >= 0.3 is 0 Å². The van der Waals surface area contributed by atoms with E-state index < -0.39 is 0 Å². The first-order valence-corrected chi connectivity index (χ1v) is 10.2. The number of fused-ring (bicyclic) bond motifs is 1. The van der Waals surface area contributed by atoms with E-state index in [4.69, 9.17) is 9.47 Å². The molecule has 0 fully saturated rings. The Balaban J connectivity index is 1.71. The van der Waals surface area contributed by atoms with Crippen molar-refractivity contribution in [2.45, 2.75) is 20.3 Å². The number of rotatable bonds is 7. The van der Waals surface area contributed by atoms with Gasteiger partial charge in [0.15, 0.2) is 17.3 Å². The Bertz CT molecular complexity index is 1230. The third-order valence-electron chi connectivity index (χ3n) is 4.15. The molecule has 29 heavy (non-hydrogen) atoms. The van der Waals surface area contributed by atoms with Crippen LogP contribution in [0.25, 0.3) is 22.4 Å². The Labute approximate surface area is 171 Å². The van der Waals surface area contributed by atoms with Crippen LogP contribution in [0.15, 0.2) is 47.5 Å². The van der Waals surface area contributed by atoms with Gasteiger partial charge in [0, 0.05) is 18.0 Å². The van der Waals surface area contributed by atoms with E-state index in [1.165, 1.54) is 15.9 Å². The van der Waals surface area contributed by atoms with E-state index in [1.54, 1.807) is 12.4 Å². The molecule has 0 N–H and O–H groups in total. The van der Waals surface area contributed by atoms with E-state index >= 15 is 0 Å². The molecule has 4 rings (SSSR count). The molecule has 0 amide bonds. The topological polar surface area (TPSA) is 78.6 Å². The van der Waals surface area contributed by atoms with Crippen LogP contribution >= 0.6 is 11.3 Å². The summed E-state index contributed by atoms with van der Waals surface area (Å²) in [6.45, 7) is 5.14. The molecule has 0 saturated carbocycles. The molecule has 0 radical (unpaired) electrons. The van der Waals surface area contributed by atoms with Crippen LogP contribution in [-0.2, 0) is 0 Å². The number of hydrogen-bond acceptors (Lipinski definition) is 7. The summed E-state index contributed by atoms with van der Waals surface area (Å²) in [6.07, 6.45) is 6.08. The molecule has 0 aliphatic rings. The van der Waals surface area contributed by atoms with Gasteiger partial charge in [-0.05, 0) is 49.2 Å². The number of benzene rings is 1. The second kappa shape index (κ2) is 8.40. The van der Waals surface area contributed by atoms with Crippen molar-refractivity contribution in [1.82, 2.24) is 19.6 Å². The van der Waals surface area contributed by atoms with Crippen LogP contribution in [0.5, 0.6) is 11.5 Å². The molecule has 1 aromatic carbocycles. The lowest BCUT2D eigenvalue weighted by molar-refractivity contribution is 0.277. The minimum absolute atomic E-state index is 0.193. The molecule has 3 aromatic heterocycles. The maximum Gasteiger partial charge on any atom is 0.291 e. The third kappa shape index (κ3) is 3.97. The average Bonchev–Trinajstić information content (AvgIpc) is 3.28. The Hall–Kier alpha value is -3.26. The van der Waals surface area contributed by atoms with Crippen molar-refractivity contribution in [3.8, 4) is 22.9 Å². The second-order valence-corrected chi connectivity index (χ2v) is 7.28. The second-order valence-electron chi connectivity index (χ2n) is 6.27. The van der Waals surface area contributed by atoms with Crippen molar-refractivity contribution in [2.24, 2.45) is 0 Å². The third-order valence-corrected chi connectivity index (χ3v) is 5.11. The zero-order valence-corrected chi connectivity index (χ0v) is 17.0. The quantitative estimate of drug-likeness (QED) is 0.468. The van der Waals surface area contributed by atoms with Gasteiger partial charge in [-0.15, -0.1) is 5.10 Å². The van der Waals surface area contributed by atoms with Crippen LogP contribution < -0.4 is 19.6 Å². The van der Waals surface area contributed by atoms with Gasteiger partial charge in [-0.3, -0.25) is 9.78 Å². The SMILES string of the molecule is CCCOc1ccc(/C=c2\sc3nc(-c4ccncc4)nn3c2=O)cc1OCC.